The molecule has 1 aliphatic rings. The summed E-state index contributed by atoms with van der Waals surface area (Å²) in [4.78, 5) is 12.0. The van der Waals surface area contributed by atoms with Crippen molar-refractivity contribution >= 4 is 40.9 Å². The van der Waals surface area contributed by atoms with Gasteiger partial charge in [0, 0.05) is 22.2 Å². The van der Waals surface area contributed by atoms with Gasteiger partial charge in [0.25, 0.3) is 5.91 Å². The van der Waals surface area contributed by atoms with Crippen molar-refractivity contribution in [3.63, 3.8) is 0 Å². The number of hydrogen-bond donors (Lipinski definition) is 2. The molecule has 1 atom stereocenters. The quantitative estimate of drug-likeness (QED) is 0.774. The van der Waals surface area contributed by atoms with E-state index in [2.05, 4.69) is 40.1 Å². The molecule has 1 aromatic carbocycles. The van der Waals surface area contributed by atoms with Gasteiger partial charge in [-0.3, -0.25) is 4.79 Å². The fraction of sp³-hybridized carbons (Fsp3) is 0.500. The van der Waals surface area contributed by atoms with Crippen LogP contribution < -0.4 is 10.6 Å². The fourth-order valence-electron chi connectivity index (χ4n) is 2.30. The number of halogens is 2. The van der Waals surface area contributed by atoms with Crippen molar-refractivity contribution in [3.8, 4) is 0 Å². The van der Waals surface area contributed by atoms with E-state index in [1.54, 1.807) is 0 Å². The molecule has 0 radical (unpaired) electrons. The van der Waals surface area contributed by atoms with E-state index in [0.29, 0.717) is 0 Å². The maximum atomic E-state index is 12.0. The lowest BCUT2D eigenvalue weighted by Gasteiger charge is -2.34. The zero-order chi connectivity index (χ0) is 13.0. The van der Waals surface area contributed by atoms with Gasteiger partial charge in [0.15, 0.2) is 0 Å². The number of amides is 1. The molecule has 0 bridgehead atoms. The predicted octanol–water partition coefficient (Wildman–Crippen LogP) is 2.83. The van der Waals surface area contributed by atoms with Crippen LogP contribution in [-0.4, -0.2) is 25.5 Å². The first-order valence-electron chi connectivity index (χ1n) is 6.34. The second kappa shape index (κ2) is 7.45. The van der Waals surface area contributed by atoms with Crippen LogP contribution in [0.5, 0.6) is 0 Å². The Hall–Kier alpha value is -0.330. The van der Waals surface area contributed by atoms with E-state index in [1.807, 2.05) is 24.3 Å². The van der Waals surface area contributed by atoms with Crippen LogP contribution in [0.25, 0.3) is 0 Å². The first-order valence-corrected chi connectivity index (χ1v) is 7.41. The summed E-state index contributed by atoms with van der Waals surface area (Å²) in [5, 5.41) is 6.45. The molecule has 0 saturated carbocycles. The SMILES string of the molecule is CC1(CNC(=O)c2cccc(I)c2)CCCNC1.Cl. The van der Waals surface area contributed by atoms with E-state index in [-0.39, 0.29) is 23.7 Å². The Morgan fingerprint density at radius 3 is 2.95 bits per heavy atom. The lowest BCUT2D eigenvalue weighted by atomic mass is 9.83. The van der Waals surface area contributed by atoms with Crippen molar-refractivity contribution in [1.29, 1.82) is 0 Å². The molecule has 0 spiro atoms. The zero-order valence-corrected chi connectivity index (χ0v) is 14.0. The van der Waals surface area contributed by atoms with Crippen LogP contribution in [0, 0.1) is 8.99 Å². The standard InChI is InChI=1S/C14H19IN2O.ClH/c1-14(6-3-7-16-9-14)10-17-13(18)11-4-2-5-12(15)8-11;/h2,4-5,8,16H,3,6-7,9-10H2,1H3,(H,17,18);1H. The topological polar surface area (TPSA) is 41.1 Å². The van der Waals surface area contributed by atoms with Crippen LogP contribution >= 0.6 is 35.0 Å². The summed E-state index contributed by atoms with van der Waals surface area (Å²) in [6, 6.07) is 7.68. The average Bonchev–Trinajstić information content (AvgIpc) is 2.37. The Kier molecular flexibility index (Phi) is 6.56. The van der Waals surface area contributed by atoms with Crippen molar-refractivity contribution < 1.29 is 4.79 Å². The zero-order valence-electron chi connectivity index (χ0n) is 11.0. The van der Waals surface area contributed by atoms with Gasteiger partial charge in [-0.25, -0.2) is 0 Å². The molecule has 0 aliphatic carbocycles. The summed E-state index contributed by atoms with van der Waals surface area (Å²) in [5.41, 5.74) is 0.935. The van der Waals surface area contributed by atoms with E-state index in [4.69, 9.17) is 0 Å². The van der Waals surface area contributed by atoms with Crippen molar-refractivity contribution in [2.75, 3.05) is 19.6 Å². The highest BCUT2D eigenvalue weighted by Crippen LogP contribution is 2.24. The molecule has 2 rings (SSSR count). The minimum Gasteiger partial charge on any atom is -0.351 e. The van der Waals surface area contributed by atoms with Gasteiger partial charge >= 0.3 is 0 Å². The summed E-state index contributed by atoms with van der Waals surface area (Å²) in [5.74, 6) is 0.0281. The molecule has 1 saturated heterocycles. The second-order valence-corrected chi connectivity index (χ2v) is 6.53. The third-order valence-electron chi connectivity index (χ3n) is 3.45. The molecular weight excluding hydrogens is 375 g/mol. The number of hydrogen-bond acceptors (Lipinski definition) is 2. The van der Waals surface area contributed by atoms with Crippen molar-refractivity contribution in [2.45, 2.75) is 19.8 Å². The predicted molar refractivity (Wildman–Crippen MR) is 89.0 cm³/mol. The van der Waals surface area contributed by atoms with Crippen molar-refractivity contribution in [2.24, 2.45) is 5.41 Å². The van der Waals surface area contributed by atoms with Gasteiger partial charge in [-0.15, -0.1) is 12.4 Å². The van der Waals surface area contributed by atoms with Crippen LogP contribution in [0.2, 0.25) is 0 Å². The van der Waals surface area contributed by atoms with Crippen LogP contribution in [0.15, 0.2) is 24.3 Å². The highest BCUT2D eigenvalue weighted by Gasteiger charge is 2.27. The number of piperidine rings is 1. The van der Waals surface area contributed by atoms with Gasteiger partial charge in [0.1, 0.15) is 0 Å². The molecule has 3 nitrogen and oxygen atoms in total. The van der Waals surface area contributed by atoms with Gasteiger partial charge in [-0.2, -0.15) is 0 Å². The fourth-order valence-corrected chi connectivity index (χ4v) is 2.84. The van der Waals surface area contributed by atoms with E-state index in [0.717, 1.165) is 28.8 Å². The largest absolute Gasteiger partial charge is 0.351 e. The minimum absolute atomic E-state index is 0. The van der Waals surface area contributed by atoms with E-state index in [1.165, 1.54) is 12.8 Å². The number of nitrogens with one attached hydrogen (secondary N) is 2. The molecule has 1 amide bonds. The number of carbonyl (C=O) groups excluding carboxylic acids is 1. The molecule has 2 N–H and O–H groups in total. The van der Waals surface area contributed by atoms with Crippen LogP contribution in [-0.2, 0) is 0 Å². The Labute approximate surface area is 134 Å². The molecule has 0 aromatic heterocycles. The second-order valence-electron chi connectivity index (χ2n) is 5.28. The lowest BCUT2D eigenvalue weighted by Crippen LogP contribution is -2.45. The van der Waals surface area contributed by atoms with E-state index >= 15 is 0 Å². The first-order chi connectivity index (χ1) is 8.59. The van der Waals surface area contributed by atoms with Gasteiger partial charge < -0.3 is 10.6 Å². The highest BCUT2D eigenvalue weighted by atomic mass is 127. The van der Waals surface area contributed by atoms with Crippen molar-refractivity contribution in [3.05, 3.63) is 33.4 Å². The molecule has 106 valence electrons. The summed E-state index contributed by atoms with van der Waals surface area (Å²) in [6.45, 7) is 5.05. The Balaban J connectivity index is 0.00000180. The maximum Gasteiger partial charge on any atom is 0.251 e. The van der Waals surface area contributed by atoms with E-state index in [9.17, 15) is 4.79 Å². The average molecular weight is 395 g/mol. The van der Waals surface area contributed by atoms with Gasteiger partial charge in [-0.05, 0) is 65.6 Å². The third-order valence-corrected chi connectivity index (χ3v) is 4.12. The summed E-state index contributed by atoms with van der Waals surface area (Å²) in [6.07, 6.45) is 2.36. The van der Waals surface area contributed by atoms with Crippen LogP contribution in [0.3, 0.4) is 0 Å². The molecular formula is C14H20ClIN2O. The molecule has 1 aromatic rings. The normalized spacial score (nSPS) is 22.4. The highest BCUT2D eigenvalue weighted by molar-refractivity contribution is 14.1. The molecule has 1 aliphatic heterocycles. The van der Waals surface area contributed by atoms with E-state index < -0.39 is 0 Å². The van der Waals surface area contributed by atoms with Gasteiger partial charge in [0.05, 0.1) is 0 Å². The van der Waals surface area contributed by atoms with Gasteiger partial charge in [0.2, 0.25) is 0 Å². The Bertz CT molecular complexity index is 433. The Morgan fingerprint density at radius 2 is 2.32 bits per heavy atom. The molecule has 19 heavy (non-hydrogen) atoms. The monoisotopic (exact) mass is 394 g/mol. The first kappa shape index (κ1) is 16.7. The maximum absolute atomic E-state index is 12.0. The smallest absolute Gasteiger partial charge is 0.251 e. The number of benzene rings is 1. The summed E-state index contributed by atoms with van der Waals surface area (Å²) >= 11 is 2.22. The van der Waals surface area contributed by atoms with Crippen LogP contribution in [0.1, 0.15) is 30.1 Å². The van der Waals surface area contributed by atoms with Crippen LogP contribution in [0.4, 0.5) is 0 Å². The summed E-state index contributed by atoms with van der Waals surface area (Å²) in [7, 11) is 0. The minimum atomic E-state index is 0. The molecule has 5 heteroatoms. The molecule has 1 unspecified atom stereocenters. The number of rotatable bonds is 3. The number of carbonyl (C=O) groups is 1. The molecule has 1 heterocycles. The summed E-state index contributed by atoms with van der Waals surface area (Å²) < 4.78 is 1.09. The lowest BCUT2D eigenvalue weighted by molar-refractivity contribution is 0.0924. The van der Waals surface area contributed by atoms with Crippen molar-refractivity contribution in [1.82, 2.24) is 10.6 Å². The molecule has 1 fully saturated rings. The van der Waals surface area contributed by atoms with Gasteiger partial charge in [-0.1, -0.05) is 13.0 Å². The third kappa shape index (κ3) is 4.93. The Morgan fingerprint density at radius 1 is 1.53 bits per heavy atom.